The second kappa shape index (κ2) is 15.9. The number of H-pyrrole nitrogens is 2. The molecule has 3 aromatic heterocycles. The summed E-state index contributed by atoms with van der Waals surface area (Å²) >= 11 is 0. The van der Waals surface area contributed by atoms with E-state index >= 15 is 0 Å². The van der Waals surface area contributed by atoms with Crippen LogP contribution in [0.2, 0.25) is 0 Å². The van der Waals surface area contributed by atoms with Gasteiger partial charge in [0.25, 0.3) is 11.7 Å². The molecule has 3 fully saturated rings. The highest BCUT2D eigenvalue weighted by Crippen LogP contribution is 2.49. The van der Waals surface area contributed by atoms with E-state index in [0.29, 0.717) is 5.69 Å². The van der Waals surface area contributed by atoms with E-state index in [9.17, 15) is 4.79 Å². The van der Waals surface area contributed by atoms with Gasteiger partial charge in [-0.1, -0.05) is 86.1 Å². The fraction of sp³-hybridized carbons (Fsp3) is 0.278. The number of carbonyl (C=O) groups is 1. The van der Waals surface area contributed by atoms with E-state index in [1.165, 1.54) is 5.56 Å². The maximum atomic E-state index is 14.4. The SMILES string of the molecule is CCCCc1c2nc(c(-c3ccccc3)c3ccc([nH]3)c(-c3ccc(NC(=O)C45OC6COC(C)(C)OC6C4OC(C)(C)O5)cc3)c3nc(c(-c4ccccc4)c4ccc1[nH]4)C=C3)C=C2. The average molecular weight is 866 g/mol. The Morgan fingerprint density at radius 1 is 0.631 bits per heavy atom. The molecule has 0 spiro atoms. The molecule has 3 aromatic carbocycles. The Balaban J connectivity index is 1.07. The van der Waals surface area contributed by atoms with Gasteiger partial charge in [0.2, 0.25) is 0 Å². The molecular weight excluding hydrogens is 815 g/mol. The predicted octanol–water partition coefficient (Wildman–Crippen LogP) is 11.3. The quantitative estimate of drug-likeness (QED) is 0.138. The summed E-state index contributed by atoms with van der Waals surface area (Å²) in [4.78, 5) is 32.8. The van der Waals surface area contributed by atoms with Crippen molar-refractivity contribution >= 4 is 58.0 Å². The molecule has 5 aliphatic heterocycles. The third kappa shape index (κ3) is 7.43. The van der Waals surface area contributed by atoms with Crippen LogP contribution in [0.5, 0.6) is 0 Å². The molecule has 11 nitrogen and oxygen atoms in total. The largest absolute Gasteiger partial charge is 0.355 e. The minimum absolute atomic E-state index is 0.242. The maximum Gasteiger partial charge on any atom is 0.287 e. The first-order valence-corrected chi connectivity index (χ1v) is 22.5. The smallest absolute Gasteiger partial charge is 0.287 e. The van der Waals surface area contributed by atoms with Gasteiger partial charge in [-0.25, -0.2) is 9.97 Å². The molecule has 328 valence electrons. The summed E-state index contributed by atoms with van der Waals surface area (Å²) in [5.41, 5.74) is 14.9. The molecule has 8 bridgehead atoms. The Morgan fingerprint density at radius 2 is 1.15 bits per heavy atom. The number of benzene rings is 3. The number of nitrogens with one attached hydrogen (secondary N) is 3. The summed E-state index contributed by atoms with van der Waals surface area (Å²) in [6.45, 7) is 9.68. The molecule has 4 atom stereocenters. The lowest BCUT2D eigenvalue weighted by Gasteiger charge is -2.38. The number of hydrogen-bond donors (Lipinski definition) is 3. The highest BCUT2D eigenvalue weighted by atomic mass is 16.9. The standard InChI is InChI=1S/C54H51N5O6/c1-6-7-18-36-37-23-25-39(56-37)46(32-14-10-8-11-15-32)41-27-29-43(58-41)48(44-30-28-42(59-44)47(33-16-12-9-13-17-33)40-26-24-38(36)57-40)34-19-21-35(22-20-34)55-51(60)54-50(64-53(4,5)65-54)49-45(62-54)31-61-52(2,3)63-49/h8-17,19-30,45,49-50,56,59H,6-7,18,31H2,1-5H3,(H,55,60). The minimum Gasteiger partial charge on any atom is -0.355 e. The zero-order chi connectivity index (χ0) is 44.5. The molecule has 0 radical (unpaired) electrons. The average Bonchev–Trinajstić information content (AvgIpc) is 4.17. The Morgan fingerprint density at radius 3 is 1.74 bits per heavy atom. The monoisotopic (exact) mass is 865 g/mol. The molecule has 6 aromatic rings. The van der Waals surface area contributed by atoms with Crippen molar-refractivity contribution in [2.45, 2.75) is 89.6 Å². The summed E-state index contributed by atoms with van der Waals surface area (Å²) in [5, 5.41) is 3.07. The molecule has 1 amide bonds. The van der Waals surface area contributed by atoms with Crippen LogP contribution in [0, 0.1) is 0 Å². The lowest BCUT2D eigenvalue weighted by Crippen LogP contribution is -2.53. The van der Waals surface area contributed by atoms with Gasteiger partial charge in [-0.05, 0) is 118 Å². The van der Waals surface area contributed by atoms with E-state index in [2.05, 4.69) is 119 Å². The number of aromatic amines is 2. The molecule has 3 N–H and O–H groups in total. The maximum absolute atomic E-state index is 14.4. The van der Waals surface area contributed by atoms with Crippen LogP contribution in [0.25, 0.3) is 79.8 Å². The van der Waals surface area contributed by atoms with E-state index in [-0.39, 0.29) is 6.61 Å². The molecule has 65 heavy (non-hydrogen) atoms. The van der Waals surface area contributed by atoms with Crippen molar-refractivity contribution < 1.29 is 28.5 Å². The Hall–Kier alpha value is -6.47. The van der Waals surface area contributed by atoms with E-state index in [1.807, 2.05) is 50.2 Å². The molecule has 5 aliphatic rings. The first-order valence-electron chi connectivity index (χ1n) is 22.5. The Labute approximate surface area is 377 Å². The number of ether oxygens (including phenoxy) is 5. The van der Waals surface area contributed by atoms with E-state index in [1.54, 1.807) is 13.8 Å². The van der Waals surface area contributed by atoms with Crippen molar-refractivity contribution in [2.75, 3.05) is 11.9 Å². The van der Waals surface area contributed by atoms with Crippen LogP contribution >= 0.6 is 0 Å². The number of rotatable bonds is 8. The first kappa shape index (κ1) is 41.2. The highest BCUT2D eigenvalue weighted by molar-refractivity contribution is 6.00. The zero-order valence-electron chi connectivity index (χ0n) is 37.1. The van der Waals surface area contributed by atoms with Crippen LogP contribution in [-0.4, -0.2) is 68.1 Å². The van der Waals surface area contributed by atoms with Gasteiger partial charge in [0.1, 0.15) is 12.2 Å². The van der Waals surface area contributed by atoms with Gasteiger partial charge in [-0.3, -0.25) is 4.79 Å². The molecule has 8 heterocycles. The lowest BCUT2D eigenvalue weighted by atomic mass is 10.0. The minimum atomic E-state index is -1.73. The van der Waals surface area contributed by atoms with Gasteiger partial charge in [0.05, 0.1) is 29.4 Å². The highest BCUT2D eigenvalue weighted by Gasteiger charge is 2.71. The van der Waals surface area contributed by atoms with Crippen molar-refractivity contribution in [1.82, 2.24) is 19.9 Å². The number of aryl methyl sites for hydroxylation is 1. The van der Waals surface area contributed by atoms with Crippen LogP contribution < -0.4 is 5.32 Å². The van der Waals surface area contributed by atoms with Crippen LogP contribution in [-0.2, 0) is 34.9 Å². The van der Waals surface area contributed by atoms with Gasteiger partial charge in [0, 0.05) is 50.0 Å². The molecule has 4 unspecified atom stereocenters. The second-order valence-corrected chi connectivity index (χ2v) is 18.1. The van der Waals surface area contributed by atoms with Crippen LogP contribution in [0.15, 0.2) is 109 Å². The lowest BCUT2D eigenvalue weighted by molar-refractivity contribution is -0.324. The Bertz CT molecular complexity index is 3020. The topological polar surface area (TPSA) is 133 Å². The van der Waals surface area contributed by atoms with Crippen molar-refractivity contribution in [1.29, 1.82) is 0 Å². The van der Waals surface area contributed by atoms with Crippen molar-refractivity contribution in [3.8, 4) is 33.4 Å². The van der Waals surface area contributed by atoms with Gasteiger partial charge >= 0.3 is 0 Å². The predicted molar refractivity (Wildman–Crippen MR) is 255 cm³/mol. The third-order valence-corrected chi connectivity index (χ3v) is 12.7. The molecule has 0 saturated carbocycles. The van der Waals surface area contributed by atoms with Gasteiger partial charge in [-0.15, -0.1) is 0 Å². The van der Waals surface area contributed by atoms with Crippen LogP contribution in [0.4, 0.5) is 5.69 Å². The molecule has 0 aliphatic carbocycles. The van der Waals surface area contributed by atoms with Gasteiger partial charge in [-0.2, -0.15) is 0 Å². The zero-order valence-corrected chi connectivity index (χ0v) is 37.1. The summed E-state index contributed by atoms with van der Waals surface area (Å²) in [7, 11) is 0. The molecule has 11 heteroatoms. The third-order valence-electron chi connectivity index (χ3n) is 12.7. The van der Waals surface area contributed by atoms with Gasteiger partial charge < -0.3 is 39.0 Å². The summed E-state index contributed by atoms with van der Waals surface area (Å²) in [5.74, 6) is -4.16. The van der Waals surface area contributed by atoms with Crippen LogP contribution in [0.3, 0.4) is 0 Å². The van der Waals surface area contributed by atoms with Crippen molar-refractivity contribution in [3.05, 3.63) is 138 Å². The molecule has 11 rings (SSSR count). The summed E-state index contributed by atoms with van der Waals surface area (Å²) in [6.07, 6.45) is 9.56. The normalized spacial score (nSPS) is 22.4. The first-order chi connectivity index (χ1) is 31.5. The van der Waals surface area contributed by atoms with E-state index in [4.69, 9.17) is 33.7 Å². The number of unbranched alkanes of at least 4 members (excludes halogenated alkanes) is 1. The fourth-order valence-electron chi connectivity index (χ4n) is 9.77. The molecular formula is C54H51N5O6. The Kier molecular flexibility index (Phi) is 10.1. The fourth-order valence-corrected chi connectivity index (χ4v) is 9.77. The number of hydrogen-bond acceptors (Lipinski definition) is 8. The number of nitrogens with zero attached hydrogens (tertiary/aromatic N) is 2. The number of amides is 1. The number of carbonyl (C=O) groups excluding carboxylic acids is 1. The summed E-state index contributed by atoms with van der Waals surface area (Å²) in [6, 6.07) is 37.2. The number of aromatic nitrogens is 4. The summed E-state index contributed by atoms with van der Waals surface area (Å²) < 4.78 is 31.1. The van der Waals surface area contributed by atoms with E-state index < -0.39 is 41.6 Å². The molecule has 3 saturated heterocycles. The van der Waals surface area contributed by atoms with Gasteiger partial charge in [0.15, 0.2) is 17.7 Å². The van der Waals surface area contributed by atoms with Crippen LogP contribution in [0.1, 0.15) is 75.8 Å². The van der Waals surface area contributed by atoms with Crippen molar-refractivity contribution in [2.24, 2.45) is 0 Å². The number of fused-ring (bicyclic) bond motifs is 11. The second-order valence-electron chi connectivity index (χ2n) is 18.1. The van der Waals surface area contributed by atoms with Crippen molar-refractivity contribution in [3.63, 3.8) is 0 Å². The number of anilines is 1. The van der Waals surface area contributed by atoms with E-state index in [0.717, 1.165) is 97.5 Å².